The van der Waals surface area contributed by atoms with Crippen molar-refractivity contribution in [1.82, 2.24) is 79.7 Å². The topological polar surface area (TPSA) is 218 Å². The van der Waals surface area contributed by atoms with Gasteiger partial charge in [0.05, 0.1) is 0 Å². The molecule has 0 fully saturated rings. The summed E-state index contributed by atoms with van der Waals surface area (Å²) in [6.07, 6.45) is 0. The molecule has 8 aromatic carbocycles. The Bertz CT molecular complexity index is 4390. The number of fused-ring (bicyclic) bond motifs is 40. The van der Waals surface area contributed by atoms with Gasteiger partial charge in [-0.3, -0.25) is 0 Å². The largest absolute Gasteiger partial charge is 3.00 e. The van der Waals surface area contributed by atoms with E-state index in [1.165, 1.54) is 0 Å². The summed E-state index contributed by atoms with van der Waals surface area (Å²) >= 11 is 0. The summed E-state index contributed by atoms with van der Waals surface area (Å²) in [7, 11) is 0. The maximum Gasteiger partial charge on any atom is 3.00 e. The molecule has 0 unspecified atom stereocenters. The van der Waals surface area contributed by atoms with Gasteiger partial charge < -0.3 is 19.9 Å². The van der Waals surface area contributed by atoms with Crippen LogP contribution < -0.4 is 0 Å². The molecule has 10 heterocycles. The summed E-state index contributed by atoms with van der Waals surface area (Å²) in [5, 5.41) is 7.64. The summed E-state index contributed by atoms with van der Waals surface area (Å²) in [6, 6.07) is 64.5. The molecule has 17 heteroatoms. The fourth-order valence-corrected chi connectivity index (χ4v) is 11.2. The van der Waals surface area contributed by atoms with Crippen LogP contribution in [0.4, 0.5) is 0 Å². The Labute approximate surface area is 486 Å². The Hall–Kier alpha value is -10.3. The molecule has 0 atom stereocenters. The zero-order chi connectivity index (χ0) is 52.4. The van der Waals surface area contributed by atoms with Gasteiger partial charge in [0.1, 0.15) is 45.2 Å². The van der Waals surface area contributed by atoms with Crippen molar-refractivity contribution in [2.45, 2.75) is 0 Å². The number of rotatable bonds is 0. The molecule has 14 aromatic rings. The second-order valence-corrected chi connectivity index (χ2v) is 19.6. The number of benzene rings is 8. The Kier molecular flexibility index (Phi) is 10.6. The molecular weight excluding hydrogens is 1160 g/mol. The van der Waals surface area contributed by atoms with Crippen molar-refractivity contribution in [2.75, 3.05) is 0 Å². The number of aromatic nitrogens is 16. The van der Waals surface area contributed by atoms with E-state index in [4.69, 9.17) is 59.8 Å². The molecule has 0 saturated heterocycles. The predicted octanol–water partition coefficient (Wildman–Crippen LogP) is 13.7. The van der Waals surface area contributed by atoms with Crippen LogP contribution in [-0.4, -0.2) is 79.7 Å². The van der Waals surface area contributed by atoms with Gasteiger partial charge in [-0.25, -0.2) is 59.8 Å². The zero-order valence-corrected chi connectivity index (χ0v) is 43.9. The third-order valence-electron chi connectivity index (χ3n) is 14.9. The van der Waals surface area contributed by atoms with E-state index < -0.39 is 0 Å². The number of hydrogen-bond acceptors (Lipinski definition) is 12. The molecule has 0 amide bonds. The molecule has 382 valence electrons. The van der Waals surface area contributed by atoms with Crippen LogP contribution >= 0.6 is 0 Å². The smallest absolute Gasteiger partial charge is 0.324 e. The van der Waals surface area contributed by atoms with Crippen molar-refractivity contribution in [3.8, 4) is 91.1 Å². The second kappa shape index (κ2) is 18.4. The van der Waals surface area contributed by atoms with E-state index in [0.29, 0.717) is 91.8 Å². The SMILES string of the molecule is [Tm+3].c1ccc2c(c1)-c1nc-2nc2[nH]c(nc3nc(nc4[nH]c(n1)c1ccccc41)-c1ccccc1-3)c1ccccc21.c1ccc2c(c1)-c1nc-2nc2[nH]c(nc3nc(nc4[nH]c(n1)c1ccccc41)-c1ccccc1-3)c1ccccc21. The average Bonchev–Trinajstić information content (AvgIpc) is 4.53. The fourth-order valence-electron chi connectivity index (χ4n) is 11.2. The fraction of sp³-hybridized carbons (Fsp3) is 0. The van der Waals surface area contributed by atoms with E-state index in [1.54, 1.807) is 0 Å². The van der Waals surface area contributed by atoms with E-state index in [1.807, 2.05) is 194 Å². The first-order valence-corrected chi connectivity index (χ1v) is 26.0. The van der Waals surface area contributed by atoms with Crippen molar-refractivity contribution in [1.29, 1.82) is 0 Å². The average molecular weight is 1200 g/mol. The van der Waals surface area contributed by atoms with Gasteiger partial charge in [-0.15, -0.1) is 0 Å². The van der Waals surface area contributed by atoms with Gasteiger partial charge in [-0.05, 0) is 0 Å². The number of hydrogen-bond donors (Lipinski definition) is 4. The van der Waals surface area contributed by atoms with E-state index in [9.17, 15) is 0 Å². The standard InChI is InChI=1S/2C32H18N8.Tm/c2*1-2-10-18-17(9-1)25-33-26(18)38-28-21-13-5-6-14-22(21)30(35-28)40-32-24-16-8-7-15-23(24)31(36-32)39-29-20-12-4-3-11-19(20)27(34-29)37-25;/h2*1-16H,(H2,33,34,35,36,37,38,39,40);/q;;+3. The normalized spacial score (nSPS) is 11.9. The molecule has 0 aliphatic carbocycles. The van der Waals surface area contributed by atoms with Gasteiger partial charge >= 0.3 is 36.9 Å². The Morgan fingerprint density at radius 1 is 0.160 bits per heavy atom. The summed E-state index contributed by atoms with van der Waals surface area (Å²) in [4.78, 5) is 73.5. The minimum Gasteiger partial charge on any atom is -0.324 e. The molecule has 0 radical (unpaired) electrons. The van der Waals surface area contributed by atoms with Gasteiger partial charge in [-0.1, -0.05) is 194 Å². The first-order valence-electron chi connectivity index (χ1n) is 26.0. The van der Waals surface area contributed by atoms with Gasteiger partial charge in [0.25, 0.3) is 0 Å². The third-order valence-corrected chi connectivity index (χ3v) is 14.9. The first-order chi connectivity index (χ1) is 39.6. The quantitative estimate of drug-likeness (QED) is 0.111. The van der Waals surface area contributed by atoms with Crippen molar-refractivity contribution in [2.24, 2.45) is 0 Å². The molecule has 6 aromatic heterocycles. The number of nitrogens with zero attached hydrogens (tertiary/aromatic N) is 12. The van der Waals surface area contributed by atoms with Crippen LogP contribution in [-0.2, 0) is 0 Å². The van der Waals surface area contributed by atoms with E-state index >= 15 is 0 Å². The molecule has 4 aliphatic rings. The number of nitrogens with one attached hydrogen (secondary N) is 4. The van der Waals surface area contributed by atoms with Gasteiger partial charge in [0.2, 0.25) is 0 Å². The minimum atomic E-state index is 0. The molecule has 4 aliphatic heterocycles. The number of aromatic amines is 4. The van der Waals surface area contributed by atoms with Crippen LogP contribution in [0, 0.1) is 36.9 Å². The second-order valence-electron chi connectivity index (χ2n) is 19.6. The first kappa shape index (κ1) is 46.8. The van der Waals surface area contributed by atoms with Crippen LogP contribution in [0.2, 0.25) is 0 Å². The van der Waals surface area contributed by atoms with Gasteiger partial charge in [-0.2, -0.15) is 0 Å². The molecule has 0 spiro atoms. The van der Waals surface area contributed by atoms with Crippen molar-refractivity contribution >= 4 is 88.3 Å². The minimum absolute atomic E-state index is 0. The van der Waals surface area contributed by atoms with Crippen LogP contribution in [0.1, 0.15) is 0 Å². The van der Waals surface area contributed by atoms with Gasteiger partial charge in [0, 0.05) is 87.6 Å². The van der Waals surface area contributed by atoms with Crippen molar-refractivity contribution < 1.29 is 36.9 Å². The van der Waals surface area contributed by atoms with Crippen molar-refractivity contribution in [3.63, 3.8) is 0 Å². The van der Waals surface area contributed by atoms with E-state index in [2.05, 4.69) is 19.9 Å². The summed E-state index contributed by atoms with van der Waals surface area (Å²) < 4.78 is 0. The van der Waals surface area contributed by atoms with Crippen LogP contribution in [0.15, 0.2) is 194 Å². The summed E-state index contributed by atoms with van der Waals surface area (Å²) in [5.74, 6) is 4.78. The molecule has 81 heavy (non-hydrogen) atoms. The molecule has 18 rings (SSSR count). The molecular formula is C64H36N16Tm+3. The van der Waals surface area contributed by atoms with Crippen LogP contribution in [0.5, 0.6) is 0 Å². The predicted molar refractivity (Wildman–Crippen MR) is 312 cm³/mol. The monoisotopic (exact) mass is 1200 g/mol. The molecule has 16 bridgehead atoms. The summed E-state index contributed by atoms with van der Waals surface area (Å²) in [5.41, 5.74) is 12.9. The Morgan fingerprint density at radius 2 is 0.284 bits per heavy atom. The molecule has 16 nitrogen and oxygen atoms in total. The van der Waals surface area contributed by atoms with Crippen LogP contribution in [0.25, 0.3) is 179 Å². The van der Waals surface area contributed by atoms with Crippen molar-refractivity contribution in [3.05, 3.63) is 194 Å². The Morgan fingerprint density at radius 3 is 0.420 bits per heavy atom. The van der Waals surface area contributed by atoms with Gasteiger partial charge in [0.15, 0.2) is 46.6 Å². The summed E-state index contributed by atoms with van der Waals surface area (Å²) in [6.45, 7) is 0. The van der Waals surface area contributed by atoms with E-state index in [-0.39, 0.29) is 36.9 Å². The van der Waals surface area contributed by atoms with Crippen LogP contribution in [0.3, 0.4) is 0 Å². The number of H-pyrrole nitrogens is 4. The molecule has 0 saturated carbocycles. The maximum atomic E-state index is 5.02. The van der Waals surface area contributed by atoms with E-state index in [0.717, 1.165) is 87.6 Å². The molecule has 4 N–H and O–H groups in total. The zero-order valence-electron chi connectivity index (χ0n) is 42.1. The maximum absolute atomic E-state index is 5.02. The Balaban J connectivity index is 0.000000132. The third kappa shape index (κ3) is 7.55.